The molecule has 4 nitrogen and oxygen atoms in total. The molecule has 1 aromatic carbocycles. The van der Waals surface area contributed by atoms with Gasteiger partial charge in [0, 0.05) is 36.3 Å². The Labute approximate surface area is 133 Å². The van der Waals surface area contributed by atoms with Gasteiger partial charge in [0.15, 0.2) is 0 Å². The van der Waals surface area contributed by atoms with E-state index in [4.69, 9.17) is 23.2 Å². The van der Waals surface area contributed by atoms with Crippen molar-refractivity contribution in [2.45, 2.75) is 38.3 Å². The Morgan fingerprint density at radius 1 is 1.43 bits per heavy atom. The molecule has 2 aromatic rings. The molecule has 112 valence electrons. The third-order valence-electron chi connectivity index (χ3n) is 3.61. The fourth-order valence-electron chi connectivity index (χ4n) is 2.41. The zero-order chi connectivity index (χ0) is 14.8. The SMILES string of the molecule is O=C(CCn1c(CCCl)nc2ccc(Cl)cc21)NC1CC1. The highest BCUT2D eigenvalue weighted by Crippen LogP contribution is 2.22. The van der Waals surface area contributed by atoms with Crippen LogP contribution >= 0.6 is 23.2 Å². The van der Waals surface area contributed by atoms with Crippen molar-refractivity contribution in [2.24, 2.45) is 0 Å². The summed E-state index contributed by atoms with van der Waals surface area (Å²) in [5.41, 5.74) is 1.85. The highest BCUT2D eigenvalue weighted by Gasteiger charge is 2.23. The van der Waals surface area contributed by atoms with Gasteiger partial charge < -0.3 is 9.88 Å². The minimum atomic E-state index is 0.0956. The maximum absolute atomic E-state index is 11.9. The molecule has 1 aliphatic rings. The van der Waals surface area contributed by atoms with Crippen LogP contribution in [-0.2, 0) is 17.8 Å². The third-order valence-corrected chi connectivity index (χ3v) is 4.04. The number of nitrogens with zero attached hydrogens (tertiary/aromatic N) is 2. The second-order valence-electron chi connectivity index (χ2n) is 5.34. The lowest BCUT2D eigenvalue weighted by Crippen LogP contribution is -2.26. The van der Waals surface area contributed by atoms with Crippen LogP contribution in [0, 0.1) is 0 Å². The number of hydrogen-bond donors (Lipinski definition) is 1. The lowest BCUT2D eigenvalue weighted by atomic mass is 10.3. The minimum absolute atomic E-state index is 0.0956. The van der Waals surface area contributed by atoms with Gasteiger partial charge in [0.1, 0.15) is 5.82 Å². The molecule has 1 aliphatic carbocycles. The molecule has 1 fully saturated rings. The van der Waals surface area contributed by atoms with Gasteiger partial charge in [-0.2, -0.15) is 0 Å². The first-order valence-electron chi connectivity index (χ1n) is 7.17. The average Bonchev–Trinajstić information content (AvgIpc) is 3.19. The van der Waals surface area contributed by atoms with Crippen molar-refractivity contribution < 1.29 is 4.79 Å². The molecule has 1 N–H and O–H groups in total. The van der Waals surface area contributed by atoms with E-state index in [0.717, 1.165) is 29.7 Å². The van der Waals surface area contributed by atoms with Gasteiger partial charge >= 0.3 is 0 Å². The van der Waals surface area contributed by atoms with Crippen LogP contribution in [0.2, 0.25) is 5.02 Å². The van der Waals surface area contributed by atoms with Gasteiger partial charge in [-0.05, 0) is 31.0 Å². The summed E-state index contributed by atoms with van der Waals surface area (Å²) in [5, 5.41) is 3.67. The highest BCUT2D eigenvalue weighted by molar-refractivity contribution is 6.31. The number of hydrogen-bond acceptors (Lipinski definition) is 2. The van der Waals surface area contributed by atoms with Gasteiger partial charge in [-0.1, -0.05) is 11.6 Å². The second-order valence-corrected chi connectivity index (χ2v) is 6.16. The van der Waals surface area contributed by atoms with Gasteiger partial charge in [-0.15, -0.1) is 11.6 Å². The van der Waals surface area contributed by atoms with E-state index >= 15 is 0 Å². The lowest BCUT2D eigenvalue weighted by molar-refractivity contribution is -0.121. The summed E-state index contributed by atoms with van der Waals surface area (Å²) in [7, 11) is 0. The Bertz CT molecular complexity index is 664. The van der Waals surface area contributed by atoms with Crippen LogP contribution in [-0.4, -0.2) is 27.4 Å². The molecule has 1 heterocycles. The van der Waals surface area contributed by atoms with Crippen LogP contribution in [0.1, 0.15) is 25.1 Å². The molecule has 0 spiro atoms. The molecule has 0 radical (unpaired) electrons. The first kappa shape index (κ1) is 14.7. The van der Waals surface area contributed by atoms with Crippen LogP contribution < -0.4 is 5.32 Å². The zero-order valence-electron chi connectivity index (χ0n) is 11.6. The minimum Gasteiger partial charge on any atom is -0.353 e. The van der Waals surface area contributed by atoms with E-state index in [1.807, 2.05) is 18.2 Å². The predicted molar refractivity (Wildman–Crippen MR) is 84.9 cm³/mol. The summed E-state index contributed by atoms with van der Waals surface area (Å²) in [6, 6.07) is 6.01. The van der Waals surface area contributed by atoms with E-state index < -0.39 is 0 Å². The number of aromatic nitrogens is 2. The van der Waals surface area contributed by atoms with E-state index in [1.54, 1.807) is 0 Å². The number of fused-ring (bicyclic) bond motifs is 1. The van der Waals surface area contributed by atoms with Gasteiger partial charge in [-0.25, -0.2) is 4.98 Å². The fraction of sp³-hybridized carbons (Fsp3) is 0.467. The Morgan fingerprint density at radius 3 is 2.95 bits per heavy atom. The standard InChI is InChI=1S/C15H17Cl2N3O/c16-7-5-14-19-12-4-1-10(17)9-13(12)20(14)8-6-15(21)18-11-2-3-11/h1,4,9,11H,2-3,5-8H2,(H,18,21). The van der Waals surface area contributed by atoms with Crippen LogP contribution in [0.3, 0.4) is 0 Å². The summed E-state index contributed by atoms with van der Waals surface area (Å²) in [5.74, 6) is 1.50. The smallest absolute Gasteiger partial charge is 0.222 e. The highest BCUT2D eigenvalue weighted by atomic mass is 35.5. The second kappa shape index (κ2) is 6.24. The van der Waals surface area contributed by atoms with Crippen molar-refractivity contribution in [3.8, 4) is 0 Å². The quantitative estimate of drug-likeness (QED) is 0.829. The molecule has 3 rings (SSSR count). The van der Waals surface area contributed by atoms with Crippen molar-refractivity contribution in [2.75, 3.05) is 5.88 Å². The van der Waals surface area contributed by atoms with Crippen molar-refractivity contribution in [3.05, 3.63) is 29.0 Å². The number of carbonyl (C=O) groups is 1. The van der Waals surface area contributed by atoms with Crippen LogP contribution in [0.4, 0.5) is 0 Å². The number of amides is 1. The summed E-state index contributed by atoms with van der Waals surface area (Å²) >= 11 is 11.9. The van der Waals surface area contributed by atoms with E-state index in [1.165, 1.54) is 0 Å². The molecule has 6 heteroatoms. The first-order valence-corrected chi connectivity index (χ1v) is 8.08. The van der Waals surface area contributed by atoms with E-state index in [2.05, 4.69) is 14.9 Å². The molecule has 1 amide bonds. The van der Waals surface area contributed by atoms with Crippen molar-refractivity contribution in [3.63, 3.8) is 0 Å². The third kappa shape index (κ3) is 3.50. The van der Waals surface area contributed by atoms with Crippen molar-refractivity contribution in [1.82, 2.24) is 14.9 Å². The predicted octanol–water partition coefficient (Wildman–Crippen LogP) is 3.14. The number of imidazole rings is 1. The average molecular weight is 326 g/mol. The van der Waals surface area contributed by atoms with Gasteiger partial charge in [0.25, 0.3) is 0 Å². The van der Waals surface area contributed by atoms with Crippen molar-refractivity contribution in [1.29, 1.82) is 0 Å². The number of alkyl halides is 1. The number of benzene rings is 1. The topological polar surface area (TPSA) is 46.9 Å². The molecule has 0 bridgehead atoms. The van der Waals surface area contributed by atoms with Gasteiger partial charge in [0.2, 0.25) is 5.91 Å². The Hall–Kier alpha value is -1.26. The first-order chi connectivity index (χ1) is 10.2. The molecule has 21 heavy (non-hydrogen) atoms. The van der Waals surface area contributed by atoms with E-state index in [9.17, 15) is 4.79 Å². The van der Waals surface area contributed by atoms with E-state index in [0.29, 0.717) is 36.3 Å². The zero-order valence-corrected chi connectivity index (χ0v) is 13.1. The molecule has 1 saturated carbocycles. The van der Waals surface area contributed by atoms with Gasteiger partial charge in [-0.3, -0.25) is 4.79 Å². The maximum Gasteiger partial charge on any atom is 0.222 e. The summed E-state index contributed by atoms with van der Waals surface area (Å²) in [4.78, 5) is 16.4. The Balaban J connectivity index is 1.81. The van der Waals surface area contributed by atoms with Gasteiger partial charge in [0.05, 0.1) is 11.0 Å². The van der Waals surface area contributed by atoms with Crippen LogP contribution in [0.15, 0.2) is 18.2 Å². The largest absolute Gasteiger partial charge is 0.353 e. The summed E-state index contributed by atoms with van der Waals surface area (Å²) in [6.45, 7) is 0.599. The van der Waals surface area contributed by atoms with E-state index in [-0.39, 0.29) is 5.91 Å². The molecule has 0 unspecified atom stereocenters. The van der Waals surface area contributed by atoms with Crippen molar-refractivity contribution >= 4 is 40.1 Å². The Morgan fingerprint density at radius 2 is 2.24 bits per heavy atom. The molecule has 0 atom stereocenters. The Kier molecular flexibility index (Phi) is 4.36. The van der Waals surface area contributed by atoms with Crippen LogP contribution in [0.5, 0.6) is 0 Å². The molecule has 0 aliphatic heterocycles. The number of nitrogens with one attached hydrogen (secondary N) is 1. The number of aryl methyl sites for hydroxylation is 2. The lowest BCUT2D eigenvalue weighted by Gasteiger charge is -2.09. The molecular weight excluding hydrogens is 309 g/mol. The number of rotatable bonds is 6. The maximum atomic E-state index is 11.9. The number of carbonyl (C=O) groups excluding carboxylic acids is 1. The normalized spacial score (nSPS) is 14.6. The molecule has 0 saturated heterocycles. The molecular formula is C15H17Cl2N3O. The fourth-order valence-corrected chi connectivity index (χ4v) is 2.75. The monoisotopic (exact) mass is 325 g/mol. The summed E-state index contributed by atoms with van der Waals surface area (Å²) in [6.07, 6.45) is 3.33. The van der Waals surface area contributed by atoms with Crippen LogP contribution in [0.25, 0.3) is 11.0 Å². The summed E-state index contributed by atoms with van der Waals surface area (Å²) < 4.78 is 2.05. The number of halogens is 2. The molecule has 1 aromatic heterocycles.